The lowest BCUT2D eigenvalue weighted by Gasteiger charge is -2.14. The summed E-state index contributed by atoms with van der Waals surface area (Å²) >= 11 is 0. The van der Waals surface area contributed by atoms with Gasteiger partial charge < -0.3 is 15.2 Å². The van der Waals surface area contributed by atoms with Crippen LogP contribution in [0.5, 0.6) is 0 Å². The molecule has 2 aromatic heterocycles. The van der Waals surface area contributed by atoms with Gasteiger partial charge in [-0.25, -0.2) is 4.98 Å². The third-order valence-corrected chi connectivity index (χ3v) is 5.81. The minimum Gasteiger partial charge on any atom is -0.349 e. The Morgan fingerprint density at radius 1 is 1.16 bits per heavy atom. The Morgan fingerprint density at radius 3 is 2.72 bits per heavy atom. The molecule has 2 aliphatic carbocycles. The Hall–Kier alpha value is -1.95. The fraction of sp³-hybridized carbons (Fsp3) is 0.632. The average Bonchev–Trinajstić information content (AvgIpc) is 3.04. The monoisotopic (exact) mass is 340 g/mol. The summed E-state index contributed by atoms with van der Waals surface area (Å²) in [7, 11) is 0. The van der Waals surface area contributed by atoms with E-state index in [0.29, 0.717) is 23.2 Å². The normalized spacial score (nSPS) is 24.2. The van der Waals surface area contributed by atoms with Crippen molar-refractivity contribution in [3.05, 3.63) is 23.0 Å². The van der Waals surface area contributed by atoms with Crippen LogP contribution in [-0.4, -0.2) is 28.6 Å². The van der Waals surface area contributed by atoms with Gasteiger partial charge in [0, 0.05) is 17.7 Å². The first-order chi connectivity index (χ1) is 12.3. The van der Waals surface area contributed by atoms with Crippen molar-refractivity contribution < 1.29 is 9.32 Å². The van der Waals surface area contributed by atoms with E-state index in [1.807, 2.05) is 6.07 Å². The van der Waals surface area contributed by atoms with Gasteiger partial charge in [-0.2, -0.15) is 0 Å². The zero-order valence-corrected chi connectivity index (χ0v) is 14.4. The van der Waals surface area contributed by atoms with E-state index in [1.54, 1.807) is 0 Å². The maximum absolute atomic E-state index is 13.0. The molecule has 6 nitrogen and oxygen atoms in total. The molecule has 1 saturated heterocycles. The first-order valence-corrected chi connectivity index (χ1v) is 9.64. The highest BCUT2D eigenvalue weighted by Gasteiger charge is 2.32. The number of rotatable bonds is 4. The average molecular weight is 340 g/mol. The van der Waals surface area contributed by atoms with Crippen molar-refractivity contribution >= 4 is 17.0 Å². The molecule has 3 heterocycles. The highest BCUT2D eigenvalue weighted by Crippen LogP contribution is 2.41. The van der Waals surface area contributed by atoms with Crippen LogP contribution in [0.15, 0.2) is 10.6 Å². The van der Waals surface area contributed by atoms with Crippen molar-refractivity contribution in [2.75, 3.05) is 6.54 Å². The number of hydrogen-bond acceptors (Lipinski definition) is 5. The largest absolute Gasteiger partial charge is 0.349 e. The lowest BCUT2D eigenvalue weighted by Crippen LogP contribution is -2.33. The van der Waals surface area contributed by atoms with Crippen molar-refractivity contribution in [1.82, 2.24) is 20.8 Å². The molecule has 0 aromatic carbocycles. The Labute approximate surface area is 146 Å². The van der Waals surface area contributed by atoms with Gasteiger partial charge >= 0.3 is 0 Å². The standard InChI is InChI=1S/C19H24N4O2/c24-18(21-12-4-1-2-5-12)13-10-15(11-7-8-11)22-19-16(13)17(23-25-19)14-6-3-9-20-14/h10-12,14,20H,1-9H2,(H,21,24). The van der Waals surface area contributed by atoms with Gasteiger partial charge in [0.05, 0.1) is 17.0 Å². The van der Waals surface area contributed by atoms with Crippen molar-refractivity contribution in [3.63, 3.8) is 0 Å². The van der Waals surface area contributed by atoms with Crippen molar-refractivity contribution in [2.24, 2.45) is 0 Å². The summed E-state index contributed by atoms with van der Waals surface area (Å²) < 4.78 is 5.56. The predicted octanol–water partition coefficient (Wildman–Crippen LogP) is 3.20. The lowest BCUT2D eigenvalue weighted by molar-refractivity contribution is 0.0939. The molecule has 132 valence electrons. The van der Waals surface area contributed by atoms with E-state index in [4.69, 9.17) is 4.52 Å². The number of hydrogen-bond donors (Lipinski definition) is 2. The Kier molecular flexibility index (Phi) is 3.73. The van der Waals surface area contributed by atoms with Crippen molar-refractivity contribution in [1.29, 1.82) is 0 Å². The molecule has 1 atom stereocenters. The third-order valence-electron chi connectivity index (χ3n) is 5.81. The molecule has 2 saturated carbocycles. The second-order valence-electron chi connectivity index (χ2n) is 7.72. The van der Waals surface area contributed by atoms with Crippen LogP contribution in [0.3, 0.4) is 0 Å². The van der Waals surface area contributed by atoms with Crippen LogP contribution < -0.4 is 10.6 Å². The van der Waals surface area contributed by atoms with Crippen LogP contribution >= 0.6 is 0 Å². The van der Waals surface area contributed by atoms with Crippen LogP contribution in [0.25, 0.3) is 11.1 Å². The third kappa shape index (κ3) is 2.82. The fourth-order valence-electron chi connectivity index (χ4n) is 4.25. The van der Waals surface area contributed by atoms with Gasteiger partial charge in [-0.05, 0) is 51.1 Å². The highest BCUT2D eigenvalue weighted by molar-refractivity contribution is 6.06. The van der Waals surface area contributed by atoms with Gasteiger partial charge in [-0.1, -0.05) is 18.0 Å². The topological polar surface area (TPSA) is 80.1 Å². The van der Waals surface area contributed by atoms with E-state index < -0.39 is 0 Å². The van der Waals surface area contributed by atoms with Crippen molar-refractivity contribution in [2.45, 2.75) is 69.4 Å². The fourth-order valence-corrected chi connectivity index (χ4v) is 4.25. The molecule has 0 spiro atoms. The van der Waals surface area contributed by atoms with E-state index in [1.165, 1.54) is 12.8 Å². The number of fused-ring (bicyclic) bond motifs is 1. The molecule has 0 radical (unpaired) electrons. The number of carbonyl (C=O) groups excluding carboxylic acids is 1. The first-order valence-electron chi connectivity index (χ1n) is 9.64. The summed E-state index contributed by atoms with van der Waals surface area (Å²) in [5, 5.41) is 11.8. The molecule has 25 heavy (non-hydrogen) atoms. The Morgan fingerprint density at radius 2 is 2.00 bits per heavy atom. The maximum Gasteiger partial charge on any atom is 0.259 e. The van der Waals surface area contributed by atoms with E-state index in [-0.39, 0.29) is 11.9 Å². The van der Waals surface area contributed by atoms with Crippen LogP contribution in [0.2, 0.25) is 0 Å². The summed E-state index contributed by atoms with van der Waals surface area (Å²) in [4.78, 5) is 17.7. The SMILES string of the molecule is O=C(NC1CCCC1)c1cc(C2CC2)nc2onc(C3CCCN3)c12. The minimum absolute atomic E-state index is 0.00338. The van der Waals surface area contributed by atoms with Crippen LogP contribution in [0, 0.1) is 0 Å². The molecule has 6 heteroatoms. The highest BCUT2D eigenvalue weighted by atomic mass is 16.5. The summed E-state index contributed by atoms with van der Waals surface area (Å²) in [5.74, 6) is 0.476. The van der Waals surface area contributed by atoms with E-state index in [0.717, 1.165) is 61.8 Å². The van der Waals surface area contributed by atoms with Gasteiger partial charge in [0.25, 0.3) is 11.6 Å². The summed E-state index contributed by atoms with van der Waals surface area (Å²) in [6.07, 6.45) is 9.00. The zero-order valence-electron chi connectivity index (χ0n) is 14.4. The van der Waals surface area contributed by atoms with Crippen LogP contribution in [0.1, 0.15) is 85.1 Å². The zero-order chi connectivity index (χ0) is 16.8. The van der Waals surface area contributed by atoms with Crippen LogP contribution in [-0.2, 0) is 0 Å². The minimum atomic E-state index is 0.00338. The van der Waals surface area contributed by atoms with Crippen molar-refractivity contribution in [3.8, 4) is 0 Å². The second kappa shape index (κ2) is 6.09. The quantitative estimate of drug-likeness (QED) is 0.893. The number of nitrogens with one attached hydrogen (secondary N) is 2. The van der Waals surface area contributed by atoms with Gasteiger partial charge in [-0.15, -0.1) is 0 Å². The molecule has 5 rings (SSSR count). The molecule has 3 aliphatic rings. The van der Waals surface area contributed by atoms with Gasteiger partial charge in [-0.3, -0.25) is 4.79 Å². The predicted molar refractivity (Wildman–Crippen MR) is 93.5 cm³/mol. The molecule has 1 amide bonds. The second-order valence-corrected chi connectivity index (χ2v) is 7.72. The van der Waals surface area contributed by atoms with E-state index in [2.05, 4.69) is 20.8 Å². The molecule has 3 fully saturated rings. The summed E-state index contributed by atoms with van der Waals surface area (Å²) in [6, 6.07) is 2.45. The van der Waals surface area contributed by atoms with Gasteiger partial charge in [0.1, 0.15) is 5.69 Å². The summed E-state index contributed by atoms with van der Waals surface area (Å²) in [5.41, 5.74) is 3.04. The van der Waals surface area contributed by atoms with Gasteiger partial charge in [0.15, 0.2) is 0 Å². The van der Waals surface area contributed by atoms with E-state index in [9.17, 15) is 4.79 Å². The van der Waals surface area contributed by atoms with E-state index >= 15 is 0 Å². The smallest absolute Gasteiger partial charge is 0.259 e. The lowest BCUT2D eigenvalue weighted by atomic mass is 10.0. The Bertz CT molecular complexity index is 799. The molecule has 2 aromatic rings. The number of aromatic nitrogens is 2. The molecule has 1 unspecified atom stereocenters. The van der Waals surface area contributed by atoms with Crippen LogP contribution in [0.4, 0.5) is 0 Å². The van der Waals surface area contributed by atoms with Gasteiger partial charge in [0.2, 0.25) is 0 Å². The molecule has 0 bridgehead atoms. The summed E-state index contributed by atoms with van der Waals surface area (Å²) in [6.45, 7) is 0.982. The molecular weight excluding hydrogens is 316 g/mol. The number of amides is 1. The molecule has 1 aliphatic heterocycles. The Balaban J connectivity index is 1.57. The number of nitrogens with zero attached hydrogens (tertiary/aromatic N) is 2. The molecule has 2 N–H and O–H groups in total. The number of carbonyl (C=O) groups is 1. The molecular formula is C19H24N4O2. The first kappa shape index (κ1) is 15.3. The maximum atomic E-state index is 13.0. The number of pyridine rings is 1.